The molecular weight excluding hydrogens is 411 g/mol. The minimum atomic E-state index is -4.63. The fourth-order valence-corrected chi connectivity index (χ4v) is 3.83. The van der Waals surface area contributed by atoms with Gasteiger partial charge in [-0.1, -0.05) is 6.07 Å². The second-order valence-corrected chi connectivity index (χ2v) is 7.44. The third-order valence-electron chi connectivity index (χ3n) is 5.44. The van der Waals surface area contributed by atoms with E-state index < -0.39 is 17.8 Å². The number of nitrogens with zero attached hydrogens (tertiary/aromatic N) is 3. The molecular formula is C21H22F3N5O2. The Bertz CT molecular complexity index is 1120. The number of anilines is 1. The molecule has 0 saturated carbocycles. The number of pyridine rings is 1. The van der Waals surface area contributed by atoms with Gasteiger partial charge < -0.3 is 15.4 Å². The van der Waals surface area contributed by atoms with Crippen molar-refractivity contribution in [2.75, 3.05) is 25.5 Å². The molecule has 10 heteroatoms. The number of nitrogens with one attached hydrogen (secondary N) is 2. The summed E-state index contributed by atoms with van der Waals surface area (Å²) in [6.45, 7) is 3.81. The fourth-order valence-electron chi connectivity index (χ4n) is 3.83. The van der Waals surface area contributed by atoms with E-state index in [0.29, 0.717) is 11.4 Å². The highest BCUT2D eigenvalue weighted by molar-refractivity contribution is 6.05. The summed E-state index contributed by atoms with van der Waals surface area (Å²) in [5.41, 5.74) is 0.563. The van der Waals surface area contributed by atoms with Crippen molar-refractivity contribution in [1.82, 2.24) is 20.1 Å². The van der Waals surface area contributed by atoms with Gasteiger partial charge in [0.1, 0.15) is 17.1 Å². The number of amides is 1. The van der Waals surface area contributed by atoms with Crippen LogP contribution in [0.5, 0.6) is 5.75 Å². The highest BCUT2D eigenvalue weighted by Crippen LogP contribution is 2.34. The Hall–Kier alpha value is -3.14. The number of carbonyl (C=O) groups excluding carboxylic acids is 1. The minimum Gasteiger partial charge on any atom is -0.494 e. The zero-order chi connectivity index (χ0) is 22.2. The Labute approximate surface area is 176 Å². The summed E-state index contributed by atoms with van der Waals surface area (Å²) < 4.78 is 46.2. The van der Waals surface area contributed by atoms with Crippen molar-refractivity contribution in [2.24, 2.45) is 0 Å². The number of alkyl halides is 3. The molecule has 164 valence electrons. The lowest BCUT2D eigenvalue weighted by Gasteiger charge is -2.24. The van der Waals surface area contributed by atoms with Crippen LogP contribution in [-0.4, -0.2) is 40.9 Å². The van der Waals surface area contributed by atoms with Gasteiger partial charge in [0.25, 0.3) is 5.91 Å². The maximum absolute atomic E-state index is 12.9. The average Bonchev–Trinajstić information content (AvgIpc) is 3.09. The first-order valence-electron chi connectivity index (χ1n) is 9.91. The molecule has 31 heavy (non-hydrogen) atoms. The standard InChI is InChI=1S/C21H22F3N5O2/c1-12-14-10-17(27-20(30)15-4-3-5-19(26-15)21(22,23)24)18(31-2)11-16(14)28-29(12)13-6-8-25-9-7-13/h3-5,10-11,13,25H,6-9H2,1-2H3,(H,27,30). The molecule has 1 aliphatic rings. The second-order valence-electron chi connectivity index (χ2n) is 7.44. The molecule has 0 unspecified atom stereocenters. The Balaban J connectivity index is 1.67. The Morgan fingerprint density at radius 1 is 1.26 bits per heavy atom. The lowest BCUT2D eigenvalue weighted by molar-refractivity contribution is -0.141. The van der Waals surface area contributed by atoms with Gasteiger partial charge in [0.05, 0.1) is 24.4 Å². The predicted octanol–water partition coefficient (Wildman–Crippen LogP) is 3.94. The van der Waals surface area contributed by atoms with E-state index in [1.165, 1.54) is 13.2 Å². The summed E-state index contributed by atoms with van der Waals surface area (Å²) in [6.07, 6.45) is -2.69. The van der Waals surface area contributed by atoms with Gasteiger partial charge in [-0.3, -0.25) is 9.48 Å². The molecule has 3 heterocycles. The molecule has 2 aromatic heterocycles. The van der Waals surface area contributed by atoms with Crippen molar-refractivity contribution < 1.29 is 22.7 Å². The van der Waals surface area contributed by atoms with Crippen molar-refractivity contribution in [2.45, 2.75) is 32.0 Å². The van der Waals surface area contributed by atoms with Crippen LogP contribution in [0.3, 0.4) is 0 Å². The lowest BCUT2D eigenvalue weighted by atomic mass is 10.1. The third-order valence-corrected chi connectivity index (χ3v) is 5.44. The van der Waals surface area contributed by atoms with Crippen LogP contribution in [0.2, 0.25) is 0 Å². The first kappa shape index (κ1) is 21.1. The van der Waals surface area contributed by atoms with E-state index >= 15 is 0 Å². The number of rotatable bonds is 4. The zero-order valence-electron chi connectivity index (χ0n) is 17.1. The number of hydrogen-bond donors (Lipinski definition) is 2. The molecule has 0 spiro atoms. The van der Waals surface area contributed by atoms with Gasteiger partial charge in [-0.2, -0.15) is 18.3 Å². The molecule has 4 rings (SSSR count). The van der Waals surface area contributed by atoms with Crippen molar-refractivity contribution >= 4 is 22.5 Å². The molecule has 1 saturated heterocycles. The molecule has 0 radical (unpaired) electrons. The predicted molar refractivity (Wildman–Crippen MR) is 109 cm³/mol. The third kappa shape index (κ3) is 4.20. The largest absolute Gasteiger partial charge is 0.494 e. The van der Waals surface area contributed by atoms with E-state index in [1.54, 1.807) is 12.1 Å². The zero-order valence-corrected chi connectivity index (χ0v) is 17.1. The van der Waals surface area contributed by atoms with E-state index in [9.17, 15) is 18.0 Å². The van der Waals surface area contributed by atoms with E-state index in [0.717, 1.165) is 54.7 Å². The molecule has 0 bridgehead atoms. The number of hydrogen-bond acceptors (Lipinski definition) is 5. The lowest BCUT2D eigenvalue weighted by Crippen LogP contribution is -2.30. The van der Waals surface area contributed by atoms with Crippen molar-refractivity contribution in [3.05, 3.63) is 47.4 Å². The number of halogens is 3. The van der Waals surface area contributed by atoms with Crippen LogP contribution in [0.1, 0.15) is 40.8 Å². The molecule has 1 fully saturated rings. The van der Waals surface area contributed by atoms with E-state index in [2.05, 4.69) is 15.6 Å². The van der Waals surface area contributed by atoms with Gasteiger partial charge in [0, 0.05) is 17.1 Å². The summed E-state index contributed by atoms with van der Waals surface area (Å²) in [4.78, 5) is 16.1. The van der Waals surface area contributed by atoms with Crippen LogP contribution in [0.25, 0.3) is 10.9 Å². The summed E-state index contributed by atoms with van der Waals surface area (Å²) in [5, 5.41) is 11.5. The maximum Gasteiger partial charge on any atom is 0.433 e. The number of methoxy groups -OCH3 is 1. The van der Waals surface area contributed by atoms with Crippen LogP contribution in [0.15, 0.2) is 30.3 Å². The molecule has 3 aromatic rings. The average molecular weight is 433 g/mol. The molecule has 2 N–H and O–H groups in total. The fraction of sp³-hybridized carbons (Fsp3) is 0.381. The van der Waals surface area contributed by atoms with Crippen molar-refractivity contribution in [1.29, 1.82) is 0 Å². The molecule has 1 aromatic carbocycles. The normalized spacial score (nSPS) is 15.3. The number of ether oxygens (including phenoxy) is 1. The van der Waals surface area contributed by atoms with Crippen LogP contribution in [-0.2, 0) is 6.18 Å². The minimum absolute atomic E-state index is 0.284. The van der Waals surface area contributed by atoms with Gasteiger partial charge in [-0.25, -0.2) is 4.98 Å². The molecule has 1 aliphatic heterocycles. The molecule has 1 amide bonds. The van der Waals surface area contributed by atoms with Gasteiger partial charge >= 0.3 is 6.18 Å². The summed E-state index contributed by atoms with van der Waals surface area (Å²) in [7, 11) is 1.45. The number of benzene rings is 1. The quantitative estimate of drug-likeness (QED) is 0.651. The first-order chi connectivity index (χ1) is 14.8. The van der Waals surface area contributed by atoms with Gasteiger partial charge in [-0.15, -0.1) is 0 Å². The van der Waals surface area contributed by atoms with E-state index in [1.807, 2.05) is 11.6 Å². The molecule has 7 nitrogen and oxygen atoms in total. The van der Waals surface area contributed by atoms with Crippen molar-refractivity contribution in [3.8, 4) is 5.75 Å². The van der Waals surface area contributed by atoms with Gasteiger partial charge in [0.15, 0.2) is 0 Å². The number of carbonyl (C=O) groups is 1. The topological polar surface area (TPSA) is 81.1 Å². The van der Waals surface area contributed by atoms with Crippen LogP contribution in [0, 0.1) is 6.92 Å². The summed E-state index contributed by atoms with van der Waals surface area (Å²) in [5.74, 6) is -0.394. The smallest absolute Gasteiger partial charge is 0.433 e. The highest BCUT2D eigenvalue weighted by Gasteiger charge is 2.33. The monoisotopic (exact) mass is 433 g/mol. The number of fused-ring (bicyclic) bond motifs is 1. The van der Waals surface area contributed by atoms with Crippen LogP contribution in [0.4, 0.5) is 18.9 Å². The van der Waals surface area contributed by atoms with Crippen LogP contribution < -0.4 is 15.4 Å². The Morgan fingerprint density at radius 2 is 2.00 bits per heavy atom. The summed E-state index contributed by atoms with van der Waals surface area (Å²) >= 11 is 0. The number of aromatic nitrogens is 3. The van der Waals surface area contributed by atoms with Gasteiger partial charge in [0.2, 0.25) is 0 Å². The second kappa shape index (κ2) is 8.18. The van der Waals surface area contributed by atoms with Crippen LogP contribution >= 0.6 is 0 Å². The van der Waals surface area contributed by atoms with E-state index in [-0.39, 0.29) is 11.7 Å². The Kier molecular flexibility index (Phi) is 5.57. The van der Waals surface area contributed by atoms with E-state index in [4.69, 9.17) is 9.84 Å². The van der Waals surface area contributed by atoms with Crippen molar-refractivity contribution in [3.63, 3.8) is 0 Å². The first-order valence-corrected chi connectivity index (χ1v) is 9.91. The molecule has 0 aliphatic carbocycles. The number of aryl methyl sites for hydroxylation is 1. The summed E-state index contributed by atoms with van der Waals surface area (Å²) in [6, 6.07) is 6.94. The van der Waals surface area contributed by atoms with Gasteiger partial charge in [-0.05, 0) is 51.1 Å². The SMILES string of the molecule is COc1cc2nn(C3CCNCC3)c(C)c2cc1NC(=O)c1cccc(C(F)(F)F)n1. The maximum atomic E-state index is 12.9. The number of piperidine rings is 1. The highest BCUT2D eigenvalue weighted by atomic mass is 19.4. The molecule has 0 atom stereocenters. The Morgan fingerprint density at radius 3 is 2.68 bits per heavy atom.